The Kier molecular flexibility index (Phi) is 5.44. The van der Waals surface area contributed by atoms with Crippen LogP contribution in [0.15, 0.2) is 24.3 Å². The highest BCUT2D eigenvalue weighted by molar-refractivity contribution is 5.77. The summed E-state index contributed by atoms with van der Waals surface area (Å²) in [7, 11) is 1.67. The molecular weight excluding hydrogens is 268 g/mol. The van der Waals surface area contributed by atoms with Gasteiger partial charge in [0.2, 0.25) is 5.91 Å². The van der Waals surface area contributed by atoms with Gasteiger partial charge in [0, 0.05) is 37.9 Å². The smallest absolute Gasteiger partial charge is 0.248 e. The van der Waals surface area contributed by atoms with Crippen molar-refractivity contribution in [3.63, 3.8) is 0 Å². The van der Waals surface area contributed by atoms with Crippen molar-refractivity contribution in [1.29, 1.82) is 0 Å². The summed E-state index contributed by atoms with van der Waals surface area (Å²) in [6.45, 7) is 7.19. The van der Waals surface area contributed by atoms with Gasteiger partial charge in [0.25, 0.3) is 0 Å². The number of hydrogen-bond acceptors (Lipinski definition) is 4. The van der Waals surface area contributed by atoms with Crippen molar-refractivity contribution in [2.75, 3.05) is 44.8 Å². The third kappa shape index (κ3) is 4.36. The minimum Gasteiger partial charge on any atom is -0.497 e. The number of ether oxygens (including phenoxy) is 2. The van der Waals surface area contributed by atoms with Crippen LogP contribution in [0.4, 0.5) is 5.69 Å². The quantitative estimate of drug-likeness (QED) is 0.829. The number of carbonyl (C=O) groups excluding carboxylic acids is 1. The first-order chi connectivity index (χ1) is 10.1. The summed E-state index contributed by atoms with van der Waals surface area (Å²) >= 11 is 0. The summed E-state index contributed by atoms with van der Waals surface area (Å²) in [5, 5.41) is 0. The highest BCUT2D eigenvalue weighted by Gasteiger charge is 2.21. The monoisotopic (exact) mass is 292 g/mol. The molecule has 1 aliphatic heterocycles. The third-order valence-corrected chi connectivity index (χ3v) is 3.59. The van der Waals surface area contributed by atoms with Crippen LogP contribution in [0.25, 0.3) is 0 Å². The van der Waals surface area contributed by atoms with E-state index >= 15 is 0 Å². The van der Waals surface area contributed by atoms with Gasteiger partial charge in [-0.1, -0.05) is 6.07 Å². The molecule has 5 nitrogen and oxygen atoms in total. The van der Waals surface area contributed by atoms with E-state index in [0.717, 1.165) is 37.6 Å². The lowest BCUT2D eigenvalue weighted by molar-refractivity contribution is -0.137. The molecule has 1 amide bonds. The van der Waals surface area contributed by atoms with E-state index < -0.39 is 0 Å². The molecule has 0 unspecified atom stereocenters. The molecular formula is C16H24N2O3. The zero-order valence-corrected chi connectivity index (χ0v) is 13.0. The summed E-state index contributed by atoms with van der Waals surface area (Å²) in [5.41, 5.74) is 1.14. The number of carbonyl (C=O) groups is 1. The van der Waals surface area contributed by atoms with Crippen LogP contribution in [0, 0.1) is 0 Å². The van der Waals surface area contributed by atoms with Crippen molar-refractivity contribution in [2.24, 2.45) is 0 Å². The third-order valence-electron chi connectivity index (χ3n) is 3.59. The molecule has 0 aromatic heterocycles. The second-order valence-corrected chi connectivity index (χ2v) is 5.43. The maximum Gasteiger partial charge on any atom is 0.248 e. The molecule has 0 spiro atoms. The van der Waals surface area contributed by atoms with Gasteiger partial charge < -0.3 is 19.3 Å². The van der Waals surface area contributed by atoms with Gasteiger partial charge in [0.05, 0.1) is 13.2 Å². The molecule has 116 valence electrons. The van der Waals surface area contributed by atoms with E-state index in [1.54, 1.807) is 7.11 Å². The largest absolute Gasteiger partial charge is 0.497 e. The number of anilines is 1. The minimum atomic E-state index is 0.0778. The number of rotatable bonds is 5. The molecule has 0 bridgehead atoms. The predicted octanol–water partition coefficient (Wildman–Crippen LogP) is 1.77. The van der Waals surface area contributed by atoms with Crippen LogP contribution in [-0.4, -0.2) is 56.8 Å². The normalized spacial score (nSPS) is 15.4. The number of benzene rings is 1. The Morgan fingerprint density at radius 1 is 1.24 bits per heavy atom. The predicted molar refractivity (Wildman–Crippen MR) is 82.9 cm³/mol. The van der Waals surface area contributed by atoms with Crippen molar-refractivity contribution in [3.8, 4) is 5.75 Å². The minimum absolute atomic E-state index is 0.0778. The van der Waals surface area contributed by atoms with Crippen molar-refractivity contribution < 1.29 is 14.3 Å². The summed E-state index contributed by atoms with van der Waals surface area (Å²) in [5.74, 6) is 0.935. The Labute approximate surface area is 126 Å². The van der Waals surface area contributed by atoms with Crippen LogP contribution in [-0.2, 0) is 9.53 Å². The number of piperazine rings is 1. The average Bonchev–Trinajstić information content (AvgIpc) is 2.52. The molecule has 21 heavy (non-hydrogen) atoms. The number of hydrogen-bond donors (Lipinski definition) is 0. The van der Waals surface area contributed by atoms with Gasteiger partial charge in [-0.2, -0.15) is 0 Å². The standard InChI is InChI=1S/C16H24N2O3/c1-13(2)21-12-16(19)18-9-7-17(8-10-18)14-5-4-6-15(11-14)20-3/h4-6,11,13H,7-10,12H2,1-3H3. The lowest BCUT2D eigenvalue weighted by atomic mass is 10.2. The average molecular weight is 292 g/mol. The van der Waals surface area contributed by atoms with Crippen molar-refractivity contribution >= 4 is 11.6 Å². The Morgan fingerprint density at radius 3 is 2.57 bits per heavy atom. The van der Waals surface area contributed by atoms with Crippen LogP contribution in [0.5, 0.6) is 5.75 Å². The Morgan fingerprint density at radius 2 is 1.95 bits per heavy atom. The van der Waals surface area contributed by atoms with Crippen LogP contribution < -0.4 is 9.64 Å². The molecule has 1 aliphatic rings. The number of nitrogens with zero attached hydrogens (tertiary/aromatic N) is 2. The van der Waals surface area contributed by atoms with Gasteiger partial charge in [-0.15, -0.1) is 0 Å². The topological polar surface area (TPSA) is 42.0 Å². The summed E-state index contributed by atoms with van der Waals surface area (Å²) in [4.78, 5) is 16.2. The van der Waals surface area contributed by atoms with Crippen LogP contribution in [0.2, 0.25) is 0 Å². The number of methoxy groups -OCH3 is 1. The van der Waals surface area contributed by atoms with E-state index in [0.29, 0.717) is 0 Å². The van der Waals surface area contributed by atoms with E-state index in [4.69, 9.17) is 9.47 Å². The zero-order valence-electron chi connectivity index (χ0n) is 13.0. The first-order valence-electron chi connectivity index (χ1n) is 7.38. The molecule has 0 radical (unpaired) electrons. The van der Waals surface area contributed by atoms with Gasteiger partial charge in [-0.25, -0.2) is 0 Å². The van der Waals surface area contributed by atoms with Gasteiger partial charge in [-0.3, -0.25) is 4.79 Å². The van der Waals surface area contributed by atoms with Gasteiger partial charge in [0.15, 0.2) is 0 Å². The molecule has 0 atom stereocenters. The fourth-order valence-corrected chi connectivity index (χ4v) is 2.35. The van der Waals surface area contributed by atoms with E-state index in [9.17, 15) is 4.79 Å². The van der Waals surface area contributed by atoms with Gasteiger partial charge in [0.1, 0.15) is 12.4 Å². The van der Waals surface area contributed by atoms with E-state index in [1.165, 1.54) is 0 Å². The van der Waals surface area contributed by atoms with E-state index in [-0.39, 0.29) is 18.6 Å². The first-order valence-corrected chi connectivity index (χ1v) is 7.38. The summed E-state index contributed by atoms with van der Waals surface area (Å²) < 4.78 is 10.6. The molecule has 1 heterocycles. The van der Waals surface area contributed by atoms with Crippen molar-refractivity contribution in [1.82, 2.24) is 4.90 Å². The summed E-state index contributed by atoms with van der Waals surface area (Å²) in [6.07, 6.45) is 0.0898. The molecule has 1 aromatic carbocycles. The molecule has 0 aliphatic carbocycles. The molecule has 1 saturated heterocycles. The molecule has 0 N–H and O–H groups in total. The van der Waals surface area contributed by atoms with Crippen LogP contribution >= 0.6 is 0 Å². The SMILES string of the molecule is COc1cccc(N2CCN(C(=O)COC(C)C)CC2)c1. The fraction of sp³-hybridized carbons (Fsp3) is 0.562. The van der Waals surface area contributed by atoms with Gasteiger partial charge in [-0.05, 0) is 26.0 Å². The highest BCUT2D eigenvalue weighted by atomic mass is 16.5. The first kappa shape index (κ1) is 15.6. The lowest BCUT2D eigenvalue weighted by Crippen LogP contribution is -2.49. The van der Waals surface area contributed by atoms with E-state index in [2.05, 4.69) is 11.0 Å². The van der Waals surface area contributed by atoms with Crippen molar-refractivity contribution in [2.45, 2.75) is 20.0 Å². The Hall–Kier alpha value is -1.75. The summed E-state index contributed by atoms with van der Waals surface area (Å²) in [6, 6.07) is 8.02. The highest BCUT2D eigenvalue weighted by Crippen LogP contribution is 2.22. The maximum absolute atomic E-state index is 12.0. The molecule has 1 aromatic rings. The zero-order chi connectivity index (χ0) is 15.2. The van der Waals surface area contributed by atoms with Gasteiger partial charge >= 0.3 is 0 Å². The number of amides is 1. The molecule has 1 fully saturated rings. The van der Waals surface area contributed by atoms with E-state index in [1.807, 2.05) is 36.9 Å². The fourth-order valence-electron chi connectivity index (χ4n) is 2.35. The Bertz CT molecular complexity index is 468. The second-order valence-electron chi connectivity index (χ2n) is 5.43. The van der Waals surface area contributed by atoms with Crippen molar-refractivity contribution in [3.05, 3.63) is 24.3 Å². The second kappa shape index (κ2) is 7.31. The maximum atomic E-state index is 12.0. The molecule has 2 rings (SSSR count). The van der Waals surface area contributed by atoms with Crippen LogP contribution in [0.1, 0.15) is 13.8 Å². The Balaban J connectivity index is 1.86. The molecule has 0 saturated carbocycles. The lowest BCUT2D eigenvalue weighted by Gasteiger charge is -2.36. The van der Waals surface area contributed by atoms with Crippen LogP contribution in [0.3, 0.4) is 0 Å². The molecule has 5 heteroatoms.